The summed E-state index contributed by atoms with van der Waals surface area (Å²) in [6, 6.07) is 13.1. The fourth-order valence-electron chi connectivity index (χ4n) is 1.97. The Kier molecular flexibility index (Phi) is 6.44. The first-order chi connectivity index (χ1) is 12.0. The van der Waals surface area contributed by atoms with Gasteiger partial charge in [-0.25, -0.2) is 5.48 Å². The summed E-state index contributed by atoms with van der Waals surface area (Å²) in [5.41, 5.74) is 2.53. The van der Waals surface area contributed by atoms with E-state index in [0.717, 1.165) is 0 Å². The molecule has 0 spiro atoms. The summed E-state index contributed by atoms with van der Waals surface area (Å²) in [5.74, 6) is -0.0307. The zero-order valence-corrected chi connectivity index (χ0v) is 13.5. The number of benzene rings is 2. The van der Waals surface area contributed by atoms with E-state index in [1.807, 2.05) is 6.07 Å². The van der Waals surface area contributed by atoms with Crippen molar-refractivity contribution in [1.29, 1.82) is 0 Å². The lowest BCUT2D eigenvalue weighted by molar-refractivity contribution is -0.385. The predicted molar refractivity (Wildman–Crippen MR) is 89.2 cm³/mol. The van der Waals surface area contributed by atoms with Crippen molar-refractivity contribution >= 4 is 11.6 Å². The second-order valence-electron chi connectivity index (χ2n) is 5.28. The van der Waals surface area contributed by atoms with Crippen LogP contribution in [-0.2, 0) is 4.84 Å². The van der Waals surface area contributed by atoms with Gasteiger partial charge in [0.25, 0.3) is 11.6 Å². The van der Waals surface area contributed by atoms with Crippen LogP contribution in [-0.4, -0.2) is 35.3 Å². The molecule has 1 amide bonds. The zero-order chi connectivity index (χ0) is 18.2. The predicted octanol–water partition coefficient (Wildman–Crippen LogP) is 2.00. The Balaban J connectivity index is 1.78. The fraction of sp³-hybridized carbons (Fsp3) is 0.235. The number of hydroxylamine groups is 1. The smallest absolute Gasteiger partial charge is 0.275 e. The number of aliphatic hydroxyl groups excluding tert-OH is 1. The number of carbonyl (C=O) groups is 1. The molecule has 0 saturated heterocycles. The minimum atomic E-state index is -0.951. The average Bonchev–Trinajstić information content (AvgIpc) is 2.61. The summed E-state index contributed by atoms with van der Waals surface area (Å²) in [6.45, 7) is 1.39. The number of amides is 1. The number of nitrogens with zero attached hydrogens (tertiary/aromatic N) is 1. The number of nitro benzene ring substituents is 1. The van der Waals surface area contributed by atoms with Crippen molar-refractivity contribution in [3.8, 4) is 5.75 Å². The lowest BCUT2D eigenvalue weighted by atomic mass is 10.1. The quantitative estimate of drug-likeness (QED) is 0.559. The lowest BCUT2D eigenvalue weighted by Gasteiger charge is -2.13. The van der Waals surface area contributed by atoms with Gasteiger partial charge < -0.3 is 9.84 Å². The van der Waals surface area contributed by atoms with Gasteiger partial charge in [0.2, 0.25) is 0 Å². The SMILES string of the molecule is Cc1ccc(C(=O)NOC[C@H](O)COc2ccccc2)cc1[N+](=O)[O-]. The Morgan fingerprint density at radius 1 is 1.24 bits per heavy atom. The van der Waals surface area contributed by atoms with Gasteiger partial charge in [-0.05, 0) is 25.1 Å². The number of hydrogen-bond donors (Lipinski definition) is 2. The normalized spacial score (nSPS) is 11.6. The summed E-state index contributed by atoms with van der Waals surface area (Å²) < 4.78 is 5.35. The standard InChI is InChI=1S/C17H18N2O6/c1-12-7-8-13(9-16(12)19(22)23)17(21)18-25-11-14(20)10-24-15-5-3-2-4-6-15/h2-9,14,20H,10-11H2,1H3,(H,18,21)/t14-/m1/s1. The molecule has 0 bridgehead atoms. The number of aryl methyl sites for hydroxylation is 1. The molecule has 132 valence electrons. The van der Waals surface area contributed by atoms with Gasteiger partial charge in [0, 0.05) is 17.2 Å². The van der Waals surface area contributed by atoms with Crippen LogP contribution in [0.25, 0.3) is 0 Å². The summed E-state index contributed by atoms with van der Waals surface area (Å²) in [5, 5.41) is 20.6. The van der Waals surface area contributed by atoms with E-state index in [-0.39, 0.29) is 24.5 Å². The maximum Gasteiger partial charge on any atom is 0.275 e. The molecule has 0 aromatic heterocycles. The van der Waals surface area contributed by atoms with E-state index in [1.165, 1.54) is 18.2 Å². The lowest BCUT2D eigenvalue weighted by Crippen LogP contribution is -2.31. The van der Waals surface area contributed by atoms with Crippen LogP contribution in [0.5, 0.6) is 5.75 Å². The molecule has 0 fully saturated rings. The Hall–Kier alpha value is -2.97. The largest absolute Gasteiger partial charge is 0.491 e. The highest BCUT2D eigenvalue weighted by molar-refractivity contribution is 5.94. The van der Waals surface area contributed by atoms with Gasteiger partial charge in [0.1, 0.15) is 25.1 Å². The molecular formula is C17H18N2O6. The van der Waals surface area contributed by atoms with Gasteiger partial charge in [0.05, 0.1) is 4.92 Å². The topological polar surface area (TPSA) is 111 Å². The molecule has 0 aliphatic carbocycles. The summed E-state index contributed by atoms with van der Waals surface area (Å²) >= 11 is 0. The van der Waals surface area contributed by atoms with Crippen LogP contribution in [0.2, 0.25) is 0 Å². The van der Waals surface area contributed by atoms with Gasteiger partial charge in [-0.1, -0.05) is 24.3 Å². The second-order valence-corrected chi connectivity index (χ2v) is 5.28. The highest BCUT2D eigenvalue weighted by Gasteiger charge is 2.15. The van der Waals surface area contributed by atoms with E-state index < -0.39 is 16.9 Å². The van der Waals surface area contributed by atoms with Crippen LogP contribution >= 0.6 is 0 Å². The molecule has 1 atom stereocenters. The highest BCUT2D eigenvalue weighted by atomic mass is 16.7. The number of hydrogen-bond acceptors (Lipinski definition) is 6. The average molecular weight is 346 g/mol. The molecule has 2 aromatic carbocycles. The van der Waals surface area contributed by atoms with Gasteiger partial charge >= 0.3 is 0 Å². The number of nitrogens with one attached hydrogen (secondary N) is 1. The molecular weight excluding hydrogens is 328 g/mol. The molecule has 0 radical (unpaired) electrons. The van der Waals surface area contributed by atoms with E-state index in [4.69, 9.17) is 9.57 Å². The highest BCUT2D eigenvalue weighted by Crippen LogP contribution is 2.19. The molecule has 2 rings (SSSR count). The van der Waals surface area contributed by atoms with Gasteiger partial charge in [0.15, 0.2) is 0 Å². The third-order valence-electron chi connectivity index (χ3n) is 3.29. The molecule has 0 unspecified atom stereocenters. The number of carbonyl (C=O) groups excluding carboxylic acids is 1. The summed E-state index contributed by atoms with van der Waals surface area (Å²) in [6.07, 6.45) is -0.951. The van der Waals surface area contributed by atoms with Gasteiger partial charge in [-0.2, -0.15) is 0 Å². The molecule has 0 saturated carbocycles. The first kappa shape index (κ1) is 18.4. The Morgan fingerprint density at radius 2 is 1.96 bits per heavy atom. The van der Waals surface area contributed by atoms with Crippen molar-refractivity contribution in [1.82, 2.24) is 5.48 Å². The van der Waals surface area contributed by atoms with Crippen molar-refractivity contribution in [3.63, 3.8) is 0 Å². The van der Waals surface area contributed by atoms with Crippen LogP contribution in [0.3, 0.4) is 0 Å². The van der Waals surface area contributed by atoms with Crippen LogP contribution < -0.4 is 10.2 Å². The third-order valence-corrected chi connectivity index (χ3v) is 3.29. The van der Waals surface area contributed by atoms with E-state index in [2.05, 4.69) is 5.48 Å². The van der Waals surface area contributed by atoms with Crippen molar-refractivity contribution in [2.24, 2.45) is 0 Å². The van der Waals surface area contributed by atoms with E-state index in [0.29, 0.717) is 11.3 Å². The van der Waals surface area contributed by atoms with Gasteiger partial charge in [-0.15, -0.1) is 0 Å². The number of para-hydroxylation sites is 1. The number of aliphatic hydroxyl groups is 1. The van der Waals surface area contributed by atoms with E-state index in [9.17, 15) is 20.0 Å². The van der Waals surface area contributed by atoms with Crippen molar-refractivity contribution < 1.29 is 24.4 Å². The zero-order valence-electron chi connectivity index (χ0n) is 13.5. The van der Waals surface area contributed by atoms with Gasteiger partial charge in [-0.3, -0.25) is 19.7 Å². The number of nitro groups is 1. The Labute approximate surface area is 144 Å². The summed E-state index contributed by atoms with van der Waals surface area (Å²) in [4.78, 5) is 27.2. The summed E-state index contributed by atoms with van der Waals surface area (Å²) in [7, 11) is 0. The monoisotopic (exact) mass is 346 g/mol. The molecule has 0 aliphatic heterocycles. The van der Waals surface area contributed by atoms with E-state index >= 15 is 0 Å². The molecule has 8 nitrogen and oxygen atoms in total. The van der Waals surface area contributed by atoms with Crippen molar-refractivity contribution in [3.05, 3.63) is 69.8 Å². The third kappa shape index (κ3) is 5.55. The molecule has 2 aromatic rings. The van der Waals surface area contributed by atoms with Crippen LogP contribution in [0, 0.1) is 17.0 Å². The van der Waals surface area contributed by atoms with Crippen LogP contribution in [0.4, 0.5) is 5.69 Å². The molecule has 0 aliphatic rings. The maximum atomic E-state index is 11.9. The first-order valence-corrected chi connectivity index (χ1v) is 7.50. The maximum absolute atomic E-state index is 11.9. The Morgan fingerprint density at radius 3 is 2.64 bits per heavy atom. The number of ether oxygens (including phenoxy) is 1. The Bertz CT molecular complexity index is 735. The second kappa shape index (κ2) is 8.76. The van der Waals surface area contributed by atoms with E-state index in [1.54, 1.807) is 31.2 Å². The molecule has 2 N–H and O–H groups in total. The van der Waals surface area contributed by atoms with Crippen molar-refractivity contribution in [2.45, 2.75) is 13.0 Å². The first-order valence-electron chi connectivity index (χ1n) is 7.50. The molecule has 25 heavy (non-hydrogen) atoms. The minimum Gasteiger partial charge on any atom is -0.491 e. The van der Waals surface area contributed by atoms with Crippen LogP contribution in [0.1, 0.15) is 15.9 Å². The van der Waals surface area contributed by atoms with Crippen molar-refractivity contribution in [2.75, 3.05) is 13.2 Å². The molecule has 8 heteroatoms. The number of rotatable bonds is 8. The minimum absolute atomic E-state index is 0.00408. The fourth-order valence-corrected chi connectivity index (χ4v) is 1.97. The van der Waals surface area contributed by atoms with Crippen LogP contribution in [0.15, 0.2) is 48.5 Å². The molecule has 0 heterocycles.